The molecule has 3 aromatic rings. The van der Waals surface area contributed by atoms with E-state index in [1.807, 2.05) is 25.1 Å². The number of hydrogen-bond donors (Lipinski definition) is 3. The number of ether oxygens (including phenoxy) is 1. The van der Waals surface area contributed by atoms with E-state index in [2.05, 4.69) is 27.3 Å². The number of nitrogens with one attached hydrogen (secondary N) is 3. The first-order valence-corrected chi connectivity index (χ1v) is 10.9. The summed E-state index contributed by atoms with van der Waals surface area (Å²) in [4.78, 5) is 32.0. The molecule has 1 atom stereocenters. The van der Waals surface area contributed by atoms with Gasteiger partial charge >= 0.3 is 5.97 Å². The molecular formula is C24H28FN4O3+. The molecule has 0 saturated carbocycles. The lowest BCUT2D eigenvalue weighted by Crippen LogP contribution is -3.19. The minimum Gasteiger partial charge on any atom is -0.461 e. The van der Waals surface area contributed by atoms with Crippen molar-refractivity contribution >= 4 is 34.2 Å². The Labute approximate surface area is 186 Å². The van der Waals surface area contributed by atoms with Gasteiger partial charge < -0.3 is 24.8 Å². The summed E-state index contributed by atoms with van der Waals surface area (Å²) in [6, 6.07) is 14.0. The fourth-order valence-electron chi connectivity index (χ4n) is 4.19. The number of carbonyl (C=O) groups is 2. The maximum atomic E-state index is 13.9. The van der Waals surface area contributed by atoms with Crippen LogP contribution in [0.15, 0.2) is 48.5 Å². The number of aromatic nitrogens is 1. The standard InChI is InChI=1S/C24H27FN4O3/c1-3-32-24(31)22-21(19-15-17(25)9-10-20(19)26-22)27-23(30)16(2)28-11-13-29(14-12-28)18-7-5-4-6-8-18/h4-10,15-16,26H,3,11-14H2,1-2H3,(H,27,30)/p+1/t16-/m0/s1. The van der Waals surface area contributed by atoms with Crippen LogP contribution in [0.4, 0.5) is 15.8 Å². The van der Waals surface area contributed by atoms with E-state index in [-0.39, 0.29) is 29.9 Å². The molecule has 0 spiro atoms. The molecule has 2 aromatic carbocycles. The number of para-hydroxylation sites is 1. The van der Waals surface area contributed by atoms with Crippen molar-refractivity contribution in [2.24, 2.45) is 0 Å². The summed E-state index contributed by atoms with van der Waals surface area (Å²) in [5, 5.41) is 3.31. The molecule has 1 aliphatic rings. The number of esters is 1. The SMILES string of the molecule is CCOC(=O)c1[nH]c2ccc(F)cc2c1NC(=O)[C@H](C)[NH+]1CCN(c2ccccc2)CC1. The van der Waals surface area contributed by atoms with Crippen molar-refractivity contribution in [1.82, 2.24) is 4.98 Å². The normalized spacial score (nSPS) is 15.5. The zero-order valence-corrected chi connectivity index (χ0v) is 18.3. The number of hydrogen-bond acceptors (Lipinski definition) is 4. The van der Waals surface area contributed by atoms with Gasteiger partial charge in [0.1, 0.15) is 11.5 Å². The van der Waals surface area contributed by atoms with Gasteiger partial charge in [-0.1, -0.05) is 18.2 Å². The second-order valence-corrected chi connectivity index (χ2v) is 7.98. The van der Waals surface area contributed by atoms with Crippen molar-refractivity contribution in [2.75, 3.05) is 43.0 Å². The molecule has 1 aliphatic heterocycles. The number of fused-ring (bicyclic) bond motifs is 1. The molecule has 8 heteroatoms. The smallest absolute Gasteiger partial charge is 0.356 e. The highest BCUT2D eigenvalue weighted by molar-refractivity contribution is 6.11. The number of nitrogens with zero attached hydrogens (tertiary/aromatic N) is 1. The van der Waals surface area contributed by atoms with Crippen molar-refractivity contribution < 1.29 is 23.6 Å². The van der Waals surface area contributed by atoms with E-state index < -0.39 is 11.8 Å². The number of piperazine rings is 1. The molecule has 7 nitrogen and oxygen atoms in total. The summed E-state index contributed by atoms with van der Waals surface area (Å²) in [7, 11) is 0. The molecule has 168 valence electrons. The minimum atomic E-state index is -0.587. The Hall–Kier alpha value is -3.39. The molecule has 1 amide bonds. The van der Waals surface area contributed by atoms with Gasteiger partial charge in [-0.05, 0) is 44.2 Å². The molecule has 0 unspecified atom stereocenters. The Bertz CT molecular complexity index is 1110. The highest BCUT2D eigenvalue weighted by Gasteiger charge is 2.31. The first-order valence-electron chi connectivity index (χ1n) is 10.9. The van der Waals surface area contributed by atoms with Gasteiger partial charge in [0.2, 0.25) is 0 Å². The lowest BCUT2D eigenvalue weighted by Gasteiger charge is -2.36. The summed E-state index contributed by atoms with van der Waals surface area (Å²) in [6.07, 6.45) is 0. The summed E-state index contributed by atoms with van der Waals surface area (Å²) < 4.78 is 19.0. The maximum absolute atomic E-state index is 13.9. The number of H-pyrrole nitrogens is 1. The zero-order valence-electron chi connectivity index (χ0n) is 18.3. The number of quaternary nitrogens is 1. The monoisotopic (exact) mass is 439 g/mol. The zero-order chi connectivity index (χ0) is 22.7. The Morgan fingerprint density at radius 2 is 1.91 bits per heavy atom. The van der Waals surface area contributed by atoms with E-state index in [0.717, 1.165) is 26.2 Å². The minimum absolute atomic E-state index is 0.122. The third-order valence-electron chi connectivity index (χ3n) is 6.02. The molecule has 0 bridgehead atoms. The van der Waals surface area contributed by atoms with E-state index >= 15 is 0 Å². The van der Waals surface area contributed by atoms with Crippen LogP contribution >= 0.6 is 0 Å². The van der Waals surface area contributed by atoms with Crippen LogP contribution in [0.3, 0.4) is 0 Å². The third-order valence-corrected chi connectivity index (χ3v) is 6.02. The van der Waals surface area contributed by atoms with E-state index in [4.69, 9.17) is 4.74 Å². The van der Waals surface area contributed by atoms with Gasteiger partial charge in [-0.25, -0.2) is 9.18 Å². The van der Waals surface area contributed by atoms with Crippen LogP contribution in [0.25, 0.3) is 10.9 Å². The second-order valence-electron chi connectivity index (χ2n) is 7.98. The van der Waals surface area contributed by atoms with E-state index in [1.165, 1.54) is 22.7 Å². The quantitative estimate of drug-likeness (QED) is 0.515. The molecule has 1 aromatic heterocycles. The average molecular weight is 440 g/mol. The fourth-order valence-corrected chi connectivity index (χ4v) is 4.19. The van der Waals surface area contributed by atoms with Crippen LogP contribution in [0.1, 0.15) is 24.3 Å². The lowest BCUT2D eigenvalue weighted by molar-refractivity contribution is -0.914. The predicted octanol–water partition coefficient (Wildman–Crippen LogP) is 2.22. The first kappa shape index (κ1) is 21.8. The van der Waals surface area contributed by atoms with Crippen molar-refractivity contribution in [3.63, 3.8) is 0 Å². The molecule has 2 heterocycles. The summed E-state index contributed by atoms with van der Waals surface area (Å²) in [6.45, 7) is 7.11. The van der Waals surface area contributed by atoms with E-state index in [1.54, 1.807) is 13.0 Å². The summed E-state index contributed by atoms with van der Waals surface area (Å²) in [5.41, 5.74) is 2.12. The molecule has 32 heavy (non-hydrogen) atoms. The van der Waals surface area contributed by atoms with E-state index in [9.17, 15) is 14.0 Å². The van der Waals surface area contributed by atoms with E-state index in [0.29, 0.717) is 10.9 Å². The van der Waals surface area contributed by atoms with Crippen LogP contribution in [0.2, 0.25) is 0 Å². The number of anilines is 2. The Morgan fingerprint density at radius 3 is 2.59 bits per heavy atom. The number of halogens is 1. The van der Waals surface area contributed by atoms with Gasteiger partial charge in [0.05, 0.1) is 38.5 Å². The topological polar surface area (TPSA) is 78.9 Å². The van der Waals surface area contributed by atoms with Crippen molar-refractivity contribution in [3.8, 4) is 0 Å². The largest absolute Gasteiger partial charge is 0.461 e. The van der Waals surface area contributed by atoms with Gasteiger partial charge in [-0.15, -0.1) is 0 Å². The number of benzene rings is 2. The Kier molecular flexibility index (Phi) is 6.41. The van der Waals surface area contributed by atoms with Gasteiger partial charge in [-0.3, -0.25) is 4.79 Å². The summed E-state index contributed by atoms with van der Waals surface area (Å²) in [5.74, 6) is -1.25. The number of aromatic amines is 1. The first-order chi connectivity index (χ1) is 15.5. The Balaban J connectivity index is 1.49. The molecule has 3 N–H and O–H groups in total. The second kappa shape index (κ2) is 9.40. The van der Waals surface area contributed by atoms with Gasteiger partial charge in [0.15, 0.2) is 6.04 Å². The van der Waals surface area contributed by atoms with Crippen LogP contribution in [-0.4, -0.2) is 55.7 Å². The average Bonchev–Trinajstić information content (AvgIpc) is 3.17. The fraction of sp³-hybridized carbons (Fsp3) is 0.333. The molecule has 1 saturated heterocycles. The van der Waals surface area contributed by atoms with Crippen LogP contribution in [0, 0.1) is 5.82 Å². The van der Waals surface area contributed by atoms with Crippen LogP contribution in [0.5, 0.6) is 0 Å². The number of amides is 1. The number of rotatable bonds is 6. The highest BCUT2D eigenvalue weighted by Crippen LogP contribution is 2.29. The molecule has 0 aliphatic carbocycles. The molecule has 0 radical (unpaired) electrons. The van der Waals surface area contributed by atoms with Crippen LogP contribution in [-0.2, 0) is 9.53 Å². The Morgan fingerprint density at radius 1 is 1.19 bits per heavy atom. The molecule has 4 rings (SSSR count). The third kappa shape index (κ3) is 4.45. The predicted molar refractivity (Wildman–Crippen MR) is 122 cm³/mol. The summed E-state index contributed by atoms with van der Waals surface area (Å²) >= 11 is 0. The molecule has 1 fully saturated rings. The lowest BCUT2D eigenvalue weighted by atomic mass is 10.1. The van der Waals surface area contributed by atoms with Gasteiger partial charge in [0, 0.05) is 16.6 Å². The van der Waals surface area contributed by atoms with Crippen molar-refractivity contribution in [1.29, 1.82) is 0 Å². The van der Waals surface area contributed by atoms with Crippen LogP contribution < -0.4 is 15.1 Å². The molecular weight excluding hydrogens is 411 g/mol. The van der Waals surface area contributed by atoms with Gasteiger partial charge in [-0.2, -0.15) is 0 Å². The maximum Gasteiger partial charge on any atom is 0.356 e. The number of carbonyl (C=O) groups excluding carboxylic acids is 2. The highest BCUT2D eigenvalue weighted by atomic mass is 19.1. The van der Waals surface area contributed by atoms with Gasteiger partial charge in [0.25, 0.3) is 5.91 Å². The van der Waals surface area contributed by atoms with Crippen molar-refractivity contribution in [3.05, 3.63) is 60.0 Å². The van der Waals surface area contributed by atoms with Crippen molar-refractivity contribution in [2.45, 2.75) is 19.9 Å².